The number of carbonyl (C=O) groups is 2. The molecule has 0 amide bonds. The van der Waals surface area contributed by atoms with Crippen LogP contribution in [-0.2, 0) is 32.7 Å². The molecular formula is C47H80NO8P. The predicted molar refractivity (Wildman–Crippen MR) is 238 cm³/mol. The average Bonchev–Trinajstić information content (AvgIpc) is 3.20. The van der Waals surface area contributed by atoms with Crippen LogP contribution in [0.25, 0.3) is 0 Å². The quantitative estimate of drug-likeness (QED) is 0.0268. The van der Waals surface area contributed by atoms with Gasteiger partial charge in [0.25, 0.3) is 0 Å². The van der Waals surface area contributed by atoms with E-state index in [0.29, 0.717) is 19.3 Å². The predicted octanol–water partition coefficient (Wildman–Crippen LogP) is 12.8. The molecule has 0 bridgehead atoms. The molecule has 2 atom stereocenters. The van der Waals surface area contributed by atoms with Gasteiger partial charge in [0.1, 0.15) is 6.61 Å². The van der Waals surface area contributed by atoms with Gasteiger partial charge in [0.2, 0.25) is 0 Å². The number of hydrogen-bond donors (Lipinski definition) is 2. The van der Waals surface area contributed by atoms with E-state index in [1.807, 2.05) is 6.08 Å². The lowest BCUT2D eigenvalue weighted by atomic mass is 10.1. The summed E-state index contributed by atoms with van der Waals surface area (Å²) < 4.78 is 32.7. The average molecular weight is 818 g/mol. The van der Waals surface area contributed by atoms with Gasteiger partial charge in [-0.25, -0.2) is 4.57 Å². The van der Waals surface area contributed by atoms with Crippen LogP contribution >= 0.6 is 7.82 Å². The van der Waals surface area contributed by atoms with Crippen molar-refractivity contribution < 1.29 is 37.6 Å². The number of rotatable bonds is 40. The zero-order valence-corrected chi connectivity index (χ0v) is 36.7. The summed E-state index contributed by atoms with van der Waals surface area (Å²) in [6.45, 7) is 3.57. The molecule has 326 valence electrons. The first-order chi connectivity index (χ1) is 27.8. The van der Waals surface area contributed by atoms with Crippen LogP contribution in [0, 0.1) is 0 Å². The largest absolute Gasteiger partial charge is 0.472 e. The number of esters is 2. The fourth-order valence-electron chi connectivity index (χ4n) is 5.46. The minimum atomic E-state index is -4.41. The molecule has 0 aromatic carbocycles. The van der Waals surface area contributed by atoms with Crippen molar-refractivity contribution in [1.29, 1.82) is 0 Å². The number of phosphoric acid groups is 1. The van der Waals surface area contributed by atoms with Gasteiger partial charge in [0.15, 0.2) is 6.10 Å². The van der Waals surface area contributed by atoms with Crippen LogP contribution in [0.15, 0.2) is 85.1 Å². The van der Waals surface area contributed by atoms with E-state index in [9.17, 15) is 19.0 Å². The van der Waals surface area contributed by atoms with E-state index in [1.54, 1.807) is 0 Å². The van der Waals surface area contributed by atoms with Crippen LogP contribution in [0.2, 0.25) is 0 Å². The van der Waals surface area contributed by atoms with E-state index < -0.39 is 32.5 Å². The fourth-order valence-corrected chi connectivity index (χ4v) is 6.22. The lowest BCUT2D eigenvalue weighted by Crippen LogP contribution is -2.29. The van der Waals surface area contributed by atoms with E-state index >= 15 is 0 Å². The maximum Gasteiger partial charge on any atom is 0.472 e. The Morgan fingerprint density at radius 1 is 0.526 bits per heavy atom. The summed E-state index contributed by atoms with van der Waals surface area (Å²) in [5.74, 6) is -0.947. The summed E-state index contributed by atoms with van der Waals surface area (Å²) in [6.07, 6.45) is 53.4. The molecule has 0 aliphatic heterocycles. The van der Waals surface area contributed by atoms with Gasteiger partial charge in [-0.3, -0.25) is 18.6 Å². The molecule has 10 heteroatoms. The van der Waals surface area contributed by atoms with Crippen molar-refractivity contribution in [1.82, 2.24) is 0 Å². The fraction of sp³-hybridized carbons (Fsp3) is 0.660. The lowest BCUT2D eigenvalue weighted by molar-refractivity contribution is -0.161. The van der Waals surface area contributed by atoms with E-state index in [4.69, 9.17) is 24.3 Å². The normalized spacial score (nSPS) is 14.1. The van der Waals surface area contributed by atoms with E-state index in [1.165, 1.54) is 70.6 Å². The Kier molecular flexibility index (Phi) is 40.7. The molecule has 0 heterocycles. The Morgan fingerprint density at radius 2 is 0.930 bits per heavy atom. The zero-order valence-electron chi connectivity index (χ0n) is 35.8. The van der Waals surface area contributed by atoms with Gasteiger partial charge < -0.3 is 20.1 Å². The molecule has 0 rings (SSSR count). The van der Waals surface area contributed by atoms with Crippen LogP contribution in [0.4, 0.5) is 0 Å². The van der Waals surface area contributed by atoms with Gasteiger partial charge in [0, 0.05) is 19.4 Å². The van der Waals surface area contributed by atoms with Gasteiger partial charge in [-0.2, -0.15) is 0 Å². The number of hydrogen-bond acceptors (Lipinski definition) is 8. The van der Waals surface area contributed by atoms with Crippen molar-refractivity contribution in [3.8, 4) is 0 Å². The minimum absolute atomic E-state index is 0.0352. The lowest BCUT2D eigenvalue weighted by Gasteiger charge is -2.19. The number of allylic oxidation sites excluding steroid dienone is 14. The van der Waals surface area contributed by atoms with Crippen molar-refractivity contribution in [2.24, 2.45) is 5.73 Å². The molecule has 0 fully saturated rings. The second kappa shape index (κ2) is 42.8. The van der Waals surface area contributed by atoms with E-state index in [2.05, 4.69) is 92.8 Å². The molecule has 0 aliphatic rings. The molecule has 0 aromatic heterocycles. The molecule has 0 aromatic rings. The Labute approximate surface area is 347 Å². The highest BCUT2D eigenvalue weighted by molar-refractivity contribution is 7.47. The monoisotopic (exact) mass is 818 g/mol. The third kappa shape index (κ3) is 42.6. The van der Waals surface area contributed by atoms with Crippen molar-refractivity contribution in [3.05, 3.63) is 85.1 Å². The van der Waals surface area contributed by atoms with Gasteiger partial charge in [-0.1, -0.05) is 150 Å². The summed E-state index contributed by atoms with van der Waals surface area (Å²) in [7, 11) is -4.41. The minimum Gasteiger partial charge on any atom is -0.462 e. The smallest absolute Gasteiger partial charge is 0.462 e. The zero-order chi connectivity index (χ0) is 41.8. The SMILES string of the molecule is CCCCC/C=C/C/C=C/C/C=C/CCCCC(=O)OC[C@H](COP(=O)(O)OCCN)OC(=O)CCC/C=C/C/C=C/C/C=C/C/C=C/CCCCCCCCC. The van der Waals surface area contributed by atoms with Crippen LogP contribution in [-0.4, -0.2) is 49.3 Å². The van der Waals surface area contributed by atoms with Crippen LogP contribution in [0.1, 0.15) is 168 Å². The van der Waals surface area contributed by atoms with Crippen LogP contribution < -0.4 is 5.73 Å². The molecule has 57 heavy (non-hydrogen) atoms. The number of phosphoric ester groups is 1. The molecule has 1 unspecified atom stereocenters. The highest BCUT2D eigenvalue weighted by atomic mass is 31.2. The number of carbonyl (C=O) groups excluding carboxylic acids is 2. The highest BCUT2D eigenvalue weighted by Gasteiger charge is 2.25. The van der Waals surface area contributed by atoms with Crippen molar-refractivity contribution in [2.45, 2.75) is 174 Å². The molecule has 0 saturated heterocycles. The summed E-state index contributed by atoms with van der Waals surface area (Å²) >= 11 is 0. The summed E-state index contributed by atoms with van der Waals surface area (Å²) in [5, 5.41) is 0. The highest BCUT2D eigenvalue weighted by Crippen LogP contribution is 2.43. The summed E-state index contributed by atoms with van der Waals surface area (Å²) in [4.78, 5) is 34.8. The van der Waals surface area contributed by atoms with Gasteiger partial charge in [-0.05, 0) is 89.9 Å². The van der Waals surface area contributed by atoms with Crippen LogP contribution in [0.3, 0.4) is 0 Å². The topological polar surface area (TPSA) is 134 Å². The maximum atomic E-state index is 12.6. The Bertz CT molecular complexity index is 1210. The first-order valence-electron chi connectivity index (χ1n) is 22.1. The van der Waals surface area contributed by atoms with Gasteiger partial charge in [0.05, 0.1) is 13.2 Å². The standard InChI is InChI=1S/C47H80NO8P/c1-3-5-7-9-11-13-15-17-19-20-21-22-23-24-26-28-30-32-34-36-38-40-47(50)56-45(44-55-57(51,52)54-42-41-48)43-53-46(49)39-37-35-33-31-29-27-25-18-16-14-12-10-8-6-4-2/h12,14,18-20,22-23,25-26,28-29,31-32,34,45H,3-11,13,15-17,21,24,27,30,33,35-44,48H2,1-2H3,(H,51,52)/b14-12+,20-19+,23-22+,25-18+,28-26+,31-29+,34-32+/t45-/m1/s1. The second-order valence-corrected chi connectivity index (χ2v) is 15.7. The Balaban J connectivity index is 4.33. The third-order valence-electron chi connectivity index (χ3n) is 8.75. The molecule has 9 nitrogen and oxygen atoms in total. The summed E-state index contributed by atoms with van der Waals surface area (Å²) in [6, 6.07) is 0. The molecule has 0 aliphatic carbocycles. The molecule has 0 spiro atoms. The molecule has 0 radical (unpaired) electrons. The second-order valence-electron chi connectivity index (χ2n) is 14.2. The Morgan fingerprint density at radius 3 is 1.44 bits per heavy atom. The molecular weight excluding hydrogens is 737 g/mol. The molecule has 3 N–H and O–H groups in total. The van der Waals surface area contributed by atoms with Crippen molar-refractivity contribution >= 4 is 19.8 Å². The van der Waals surface area contributed by atoms with Crippen molar-refractivity contribution in [2.75, 3.05) is 26.4 Å². The number of unbranched alkanes of at least 4 members (excludes halogenated alkanes) is 13. The first kappa shape index (κ1) is 54.2. The number of nitrogens with two attached hydrogens (primary N) is 1. The van der Waals surface area contributed by atoms with Gasteiger partial charge >= 0.3 is 19.8 Å². The van der Waals surface area contributed by atoms with E-state index in [-0.39, 0.29) is 32.6 Å². The van der Waals surface area contributed by atoms with Gasteiger partial charge in [-0.15, -0.1) is 0 Å². The third-order valence-corrected chi connectivity index (χ3v) is 9.74. The van der Waals surface area contributed by atoms with E-state index in [0.717, 1.165) is 51.4 Å². The van der Waals surface area contributed by atoms with Crippen LogP contribution in [0.5, 0.6) is 0 Å². The summed E-state index contributed by atoms with van der Waals surface area (Å²) in [5.41, 5.74) is 5.34. The molecule has 0 saturated carbocycles. The first-order valence-corrected chi connectivity index (χ1v) is 23.6. The Hall–Kier alpha value is -2.81. The van der Waals surface area contributed by atoms with Crippen molar-refractivity contribution in [3.63, 3.8) is 0 Å². The maximum absolute atomic E-state index is 12.6. The number of ether oxygens (including phenoxy) is 2.